The summed E-state index contributed by atoms with van der Waals surface area (Å²) in [6.45, 7) is 0.562. The summed E-state index contributed by atoms with van der Waals surface area (Å²) >= 11 is -0.286. The van der Waals surface area contributed by atoms with Gasteiger partial charge in [0.2, 0.25) is 0 Å². The van der Waals surface area contributed by atoms with Gasteiger partial charge in [0.05, 0.1) is 6.10 Å². The van der Waals surface area contributed by atoms with Gasteiger partial charge in [-0.15, -0.1) is 0 Å². The van der Waals surface area contributed by atoms with Crippen molar-refractivity contribution in [2.24, 2.45) is 5.73 Å². The predicted octanol–water partition coefficient (Wildman–Crippen LogP) is -2.84. The molecule has 0 rings (SSSR count). The molecule has 0 fully saturated rings. The molecule has 0 aromatic heterocycles. The fourth-order valence-electron chi connectivity index (χ4n) is 0.270. The standard InChI is InChI=1S/C4H10BrNO.BrHO3/c5-3-4(7)1-2-6;2-1(3)4/h4,7H,1-3,6H2;2H/t4-;/m0./s1. The Morgan fingerprint density at radius 2 is 1.91 bits per heavy atom. The summed E-state index contributed by atoms with van der Waals surface area (Å²) < 4.78 is 24.3. The molecule has 0 unspecified atom stereocenters. The molecule has 0 aliphatic carbocycles. The molecule has 0 heterocycles. The quantitative estimate of drug-likeness (QED) is 0.486. The van der Waals surface area contributed by atoms with Crippen LogP contribution in [-0.4, -0.2) is 27.3 Å². The molecule has 0 aliphatic heterocycles. The molecule has 11 heavy (non-hydrogen) atoms. The predicted molar refractivity (Wildman–Crippen MR) is 35.7 cm³/mol. The molecule has 0 aliphatic rings. The first-order chi connectivity index (χ1) is 5.04. The highest BCUT2D eigenvalue weighted by Crippen LogP contribution is 1.92. The summed E-state index contributed by atoms with van der Waals surface area (Å²) in [5.41, 5.74) is 5.12. The molecular weight excluding hydrogens is 286 g/mol. The van der Waals surface area contributed by atoms with E-state index in [1.165, 1.54) is 0 Å². The monoisotopic (exact) mass is 295 g/mol. The number of halogens is 2. The highest BCUT2D eigenvalue weighted by molar-refractivity contribution is 9.09. The van der Waals surface area contributed by atoms with E-state index in [4.69, 9.17) is 23.4 Å². The van der Waals surface area contributed by atoms with Crippen LogP contribution in [0, 0.1) is 14.8 Å². The van der Waals surface area contributed by atoms with Crippen molar-refractivity contribution in [1.82, 2.24) is 0 Å². The molecule has 70 valence electrons. The van der Waals surface area contributed by atoms with Crippen LogP contribution in [0.2, 0.25) is 0 Å². The summed E-state index contributed by atoms with van der Waals surface area (Å²) in [6, 6.07) is 0. The highest BCUT2D eigenvalue weighted by Gasteiger charge is 1.96. The number of aliphatic hydroxyl groups is 1. The van der Waals surface area contributed by atoms with Gasteiger partial charge in [-0.2, -0.15) is 0 Å². The van der Waals surface area contributed by atoms with Crippen LogP contribution < -0.4 is 14.1 Å². The maximum absolute atomic E-state index is 8.73. The van der Waals surface area contributed by atoms with Crippen molar-refractivity contribution >= 4 is 15.9 Å². The fourth-order valence-corrected chi connectivity index (χ4v) is 0.593. The number of rotatable bonds is 3. The minimum Gasteiger partial charge on any atom is -0.392 e. The number of alkyl halides is 1. The third-order valence-corrected chi connectivity index (χ3v) is 1.43. The minimum absolute atomic E-state index is 0.259. The number of hydrogen-bond donors (Lipinski definition) is 3. The Bertz CT molecular complexity index is 72.4. The summed E-state index contributed by atoms with van der Waals surface area (Å²) in [4.78, 5) is 0. The van der Waals surface area contributed by atoms with Crippen LogP contribution in [0.3, 0.4) is 0 Å². The van der Waals surface area contributed by atoms with Gasteiger partial charge in [-0.3, -0.25) is 0 Å². The lowest BCUT2D eigenvalue weighted by Gasteiger charge is -2.00. The topological polar surface area (TPSA) is 113 Å². The lowest BCUT2D eigenvalue weighted by molar-refractivity contribution is -1.63. The van der Waals surface area contributed by atoms with Crippen molar-refractivity contribution in [1.29, 1.82) is 0 Å². The molecule has 5 nitrogen and oxygen atoms in total. The van der Waals surface area contributed by atoms with Crippen LogP contribution in [0.25, 0.3) is 0 Å². The van der Waals surface area contributed by atoms with Crippen LogP contribution in [0.4, 0.5) is 0 Å². The first-order valence-electron chi connectivity index (χ1n) is 2.73. The maximum atomic E-state index is 8.73. The third-order valence-electron chi connectivity index (χ3n) is 0.678. The lowest BCUT2D eigenvalue weighted by atomic mass is 10.3. The summed E-state index contributed by atoms with van der Waals surface area (Å²) in [6.07, 6.45) is 0.427. The van der Waals surface area contributed by atoms with E-state index < -0.39 is 14.8 Å². The van der Waals surface area contributed by atoms with E-state index in [9.17, 15) is 0 Å². The molecule has 0 aromatic carbocycles. The molecule has 0 bridgehead atoms. The Morgan fingerprint density at radius 1 is 1.55 bits per heavy atom. The van der Waals surface area contributed by atoms with Crippen molar-refractivity contribution < 1.29 is 32.5 Å². The van der Waals surface area contributed by atoms with E-state index in [2.05, 4.69) is 15.9 Å². The number of hydrogen-bond acceptors (Lipinski definition) is 5. The van der Waals surface area contributed by atoms with E-state index in [0.717, 1.165) is 0 Å². The molecule has 0 saturated heterocycles. The van der Waals surface area contributed by atoms with Crippen molar-refractivity contribution in [3.8, 4) is 0 Å². The average molecular weight is 297 g/mol. The van der Waals surface area contributed by atoms with E-state index >= 15 is 0 Å². The van der Waals surface area contributed by atoms with Crippen LogP contribution >= 0.6 is 15.9 Å². The highest BCUT2D eigenvalue weighted by atomic mass is 80.0. The molecule has 1 atom stereocenters. The van der Waals surface area contributed by atoms with Crippen molar-refractivity contribution in [3.63, 3.8) is 0 Å². The van der Waals surface area contributed by atoms with Gasteiger partial charge < -0.3 is 19.2 Å². The Morgan fingerprint density at radius 3 is 2.00 bits per heavy atom. The molecular formula is C4H11Br2NO4. The Labute approximate surface area is 78.8 Å². The van der Waals surface area contributed by atoms with Crippen LogP contribution in [0.5, 0.6) is 0 Å². The molecule has 0 spiro atoms. The molecule has 0 amide bonds. The summed E-state index contributed by atoms with van der Waals surface area (Å²) in [5.74, 6) is 0. The maximum Gasteiger partial charge on any atom is 0.433 e. The largest absolute Gasteiger partial charge is 0.433 e. The number of aliphatic hydroxyl groups excluding tert-OH is 1. The van der Waals surface area contributed by atoms with Crippen LogP contribution in [0.15, 0.2) is 0 Å². The Kier molecular flexibility index (Phi) is 14.0. The van der Waals surface area contributed by atoms with Crippen molar-refractivity contribution in [2.75, 3.05) is 11.9 Å². The van der Waals surface area contributed by atoms with E-state index in [1.54, 1.807) is 0 Å². The summed E-state index contributed by atoms with van der Waals surface area (Å²) in [7, 11) is 0. The van der Waals surface area contributed by atoms with Crippen LogP contribution in [-0.2, 0) is 0 Å². The molecule has 0 aromatic rings. The summed E-state index contributed by atoms with van der Waals surface area (Å²) in [5, 5.41) is 9.36. The Balaban J connectivity index is 0. The first kappa shape index (κ1) is 14.3. The van der Waals surface area contributed by atoms with Gasteiger partial charge in [0.25, 0.3) is 0 Å². The smallest absolute Gasteiger partial charge is 0.392 e. The average Bonchev–Trinajstić information content (AvgIpc) is 1.87. The van der Waals surface area contributed by atoms with Gasteiger partial charge >= 0.3 is 14.8 Å². The number of nitrogens with two attached hydrogens (primary N) is 1. The SMILES string of the molecule is NCC[C@H](O)CBr.[O-][Br+2]([O-])O. The zero-order valence-corrected chi connectivity index (χ0v) is 8.91. The molecule has 0 radical (unpaired) electrons. The molecule has 4 N–H and O–H groups in total. The second-order valence-electron chi connectivity index (χ2n) is 1.59. The van der Waals surface area contributed by atoms with Crippen LogP contribution in [0.1, 0.15) is 6.42 Å². The van der Waals surface area contributed by atoms with E-state index in [1.807, 2.05) is 0 Å². The van der Waals surface area contributed by atoms with E-state index in [-0.39, 0.29) is 6.10 Å². The van der Waals surface area contributed by atoms with Crippen molar-refractivity contribution in [2.45, 2.75) is 12.5 Å². The molecule has 7 heteroatoms. The second-order valence-corrected chi connectivity index (χ2v) is 3.08. The van der Waals surface area contributed by atoms with Crippen molar-refractivity contribution in [3.05, 3.63) is 0 Å². The van der Waals surface area contributed by atoms with E-state index in [0.29, 0.717) is 18.3 Å². The zero-order valence-electron chi connectivity index (χ0n) is 5.74. The molecule has 0 saturated carbocycles. The zero-order chi connectivity index (χ0) is 9.28. The van der Waals surface area contributed by atoms with Gasteiger partial charge in [-0.1, -0.05) is 15.9 Å². The normalized spacial score (nSPS) is 12.3. The van der Waals surface area contributed by atoms with Gasteiger partial charge in [-0.05, 0) is 17.2 Å². The Hall–Kier alpha value is 0.760. The van der Waals surface area contributed by atoms with Gasteiger partial charge in [0.15, 0.2) is 0 Å². The third kappa shape index (κ3) is 24.9. The first-order valence-corrected chi connectivity index (χ1v) is 5.85. The fraction of sp³-hybridized carbons (Fsp3) is 1.00. The van der Waals surface area contributed by atoms with Gasteiger partial charge in [-0.25, -0.2) is 0 Å². The second kappa shape index (κ2) is 10.8. The minimum atomic E-state index is -3.40. The van der Waals surface area contributed by atoms with Gasteiger partial charge in [0, 0.05) is 5.33 Å². The van der Waals surface area contributed by atoms with Gasteiger partial charge in [0.1, 0.15) is 0 Å². The lowest BCUT2D eigenvalue weighted by Crippen LogP contribution is -2.30.